The van der Waals surface area contributed by atoms with Crippen LogP contribution in [0.4, 0.5) is 5.69 Å². The van der Waals surface area contributed by atoms with Gasteiger partial charge < -0.3 is 9.80 Å². The second kappa shape index (κ2) is 8.44. The molecular formula is C26H33N3O3S. The molecule has 33 heavy (non-hydrogen) atoms. The maximum atomic E-state index is 13.4. The number of benzene rings is 2. The van der Waals surface area contributed by atoms with E-state index in [9.17, 15) is 13.2 Å². The molecule has 2 aromatic carbocycles. The number of rotatable bonds is 5. The minimum Gasteiger partial charge on any atom is -0.361 e. The lowest BCUT2D eigenvalue weighted by atomic mass is 9.87. The highest BCUT2D eigenvalue weighted by atomic mass is 32.2. The SMILES string of the molecule is CC1(C)CN(CC(=O)N2CCCC2)c2ccc(S(=O)(=O)N[C@H]3CCCc4ccccc43)cc21. The number of hydrogen-bond donors (Lipinski definition) is 1. The number of carbonyl (C=O) groups is 1. The normalized spacial score (nSPS) is 21.7. The number of hydrogen-bond acceptors (Lipinski definition) is 4. The van der Waals surface area contributed by atoms with Crippen molar-refractivity contribution in [3.63, 3.8) is 0 Å². The Balaban J connectivity index is 1.39. The Morgan fingerprint density at radius 3 is 2.64 bits per heavy atom. The Morgan fingerprint density at radius 1 is 1.09 bits per heavy atom. The highest BCUT2D eigenvalue weighted by Crippen LogP contribution is 2.42. The summed E-state index contributed by atoms with van der Waals surface area (Å²) in [7, 11) is -3.67. The van der Waals surface area contributed by atoms with E-state index < -0.39 is 10.0 Å². The highest BCUT2D eigenvalue weighted by molar-refractivity contribution is 7.89. The molecule has 2 aliphatic heterocycles. The van der Waals surface area contributed by atoms with Crippen LogP contribution in [0.25, 0.3) is 0 Å². The highest BCUT2D eigenvalue weighted by Gasteiger charge is 2.38. The molecule has 0 aromatic heterocycles. The molecule has 0 spiro atoms. The van der Waals surface area contributed by atoms with E-state index in [1.54, 1.807) is 6.07 Å². The summed E-state index contributed by atoms with van der Waals surface area (Å²) in [5.74, 6) is 0.158. The zero-order chi connectivity index (χ0) is 23.2. The Labute approximate surface area is 197 Å². The quantitative estimate of drug-likeness (QED) is 0.727. The molecule has 0 radical (unpaired) electrons. The molecule has 176 valence electrons. The van der Waals surface area contributed by atoms with Gasteiger partial charge in [-0.05, 0) is 67.0 Å². The van der Waals surface area contributed by atoms with Crippen LogP contribution in [0.15, 0.2) is 47.4 Å². The molecule has 1 aliphatic carbocycles. The third-order valence-corrected chi connectivity index (χ3v) is 8.86. The van der Waals surface area contributed by atoms with Gasteiger partial charge in [0.05, 0.1) is 11.4 Å². The van der Waals surface area contributed by atoms with Gasteiger partial charge in [0, 0.05) is 36.8 Å². The Kier molecular flexibility index (Phi) is 5.73. The van der Waals surface area contributed by atoms with Crippen LogP contribution in [-0.4, -0.2) is 45.4 Å². The van der Waals surface area contributed by atoms with E-state index >= 15 is 0 Å². The first-order chi connectivity index (χ1) is 15.7. The standard InChI is InChI=1S/C26H33N3O3S/c1-26(2)18-29(17-25(30)28-14-5-6-15-28)24-13-12-20(16-22(24)26)33(31,32)27-23-11-7-9-19-8-3-4-10-21(19)23/h3-4,8,10,12-13,16,23,27H,5-7,9,11,14-15,17-18H2,1-2H3/t23-/m0/s1. The zero-order valence-electron chi connectivity index (χ0n) is 19.5. The fraction of sp³-hybridized carbons (Fsp3) is 0.500. The molecule has 0 bridgehead atoms. The summed E-state index contributed by atoms with van der Waals surface area (Å²) in [6.07, 6.45) is 4.93. The van der Waals surface area contributed by atoms with E-state index in [4.69, 9.17) is 0 Å². The molecule has 0 unspecified atom stereocenters. The molecule has 6 nitrogen and oxygen atoms in total. The van der Waals surface area contributed by atoms with E-state index in [1.807, 2.05) is 35.2 Å². The van der Waals surface area contributed by atoms with Crippen molar-refractivity contribution in [1.82, 2.24) is 9.62 Å². The molecular weight excluding hydrogens is 434 g/mol. The third kappa shape index (κ3) is 4.28. The van der Waals surface area contributed by atoms with Gasteiger partial charge in [-0.15, -0.1) is 0 Å². The molecule has 1 N–H and O–H groups in total. The molecule has 1 fully saturated rings. The molecule has 1 atom stereocenters. The van der Waals surface area contributed by atoms with Gasteiger partial charge in [-0.25, -0.2) is 13.1 Å². The van der Waals surface area contributed by atoms with Crippen LogP contribution in [0, 0.1) is 0 Å². The van der Waals surface area contributed by atoms with Crippen LogP contribution in [0.3, 0.4) is 0 Å². The van der Waals surface area contributed by atoms with E-state index in [1.165, 1.54) is 5.56 Å². The maximum absolute atomic E-state index is 13.4. The van der Waals surface area contributed by atoms with Crippen LogP contribution in [-0.2, 0) is 26.7 Å². The zero-order valence-corrected chi connectivity index (χ0v) is 20.3. The summed E-state index contributed by atoms with van der Waals surface area (Å²) >= 11 is 0. The first-order valence-electron chi connectivity index (χ1n) is 12.0. The number of likely N-dealkylation sites (tertiary alicyclic amines) is 1. The van der Waals surface area contributed by atoms with Gasteiger partial charge in [0.25, 0.3) is 0 Å². The van der Waals surface area contributed by atoms with Gasteiger partial charge in [0.1, 0.15) is 0 Å². The average molecular weight is 468 g/mol. The number of fused-ring (bicyclic) bond motifs is 2. The summed E-state index contributed by atoms with van der Waals surface area (Å²) in [5, 5.41) is 0. The average Bonchev–Trinajstić information content (AvgIpc) is 3.41. The van der Waals surface area contributed by atoms with Crippen molar-refractivity contribution in [2.24, 2.45) is 0 Å². The molecule has 7 heteroatoms. The number of sulfonamides is 1. The molecule has 5 rings (SSSR count). The van der Waals surface area contributed by atoms with Crippen LogP contribution >= 0.6 is 0 Å². The first-order valence-corrected chi connectivity index (χ1v) is 13.5. The van der Waals surface area contributed by atoms with Gasteiger partial charge >= 0.3 is 0 Å². The van der Waals surface area contributed by atoms with Crippen molar-refractivity contribution >= 4 is 21.6 Å². The lowest BCUT2D eigenvalue weighted by molar-refractivity contribution is -0.128. The summed E-state index contributed by atoms with van der Waals surface area (Å²) in [4.78, 5) is 17.1. The Morgan fingerprint density at radius 2 is 1.85 bits per heavy atom. The summed E-state index contributed by atoms with van der Waals surface area (Å²) in [6.45, 7) is 6.97. The van der Waals surface area contributed by atoms with Gasteiger partial charge in [-0.3, -0.25) is 4.79 Å². The minimum absolute atomic E-state index is 0.158. The minimum atomic E-state index is -3.67. The number of carbonyl (C=O) groups excluding carboxylic acids is 1. The van der Waals surface area contributed by atoms with Crippen LogP contribution in [0.5, 0.6) is 0 Å². The number of nitrogens with one attached hydrogen (secondary N) is 1. The Hall–Kier alpha value is -2.38. The second-order valence-electron chi connectivity index (χ2n) is 10.3. The fourth-order valence-electron chi connectivity index (χ4n) is 5.65. The number of anilines is 1. The lowest BCUT2D eigenvalue weighted by Gasteiger charge is -2.26. The fourth-order valence-corrected chi connectivity index (χ4v) is 6.93. The molecule has 0 saturated carbocycles. The maximum Gasteiger partial charge on any atom is 0.242 e. The summed E-state index contributed by atoms with van der Waals surface area (Å²) in [5.41, 5.74) is 4.03. The van der Waals surface area contributed by atoms with Gasteiger partial charge in [0.15, 0.2) is 0 Å². The van der Waals surface area contributed by atoms with Crippen LogP contribution in [0.1, 0.15) is 62.3 Å². The first kappa shape index (κ1) is 22.4. The number of nitrogens with zero attached hydrogens (tertiary/aromatic N) is 2. The molecule has 2 aromatic rings. The molecule has 3 aliphatic rings. The molecule has 1 saturated heterocycles. The van der Waals surface area contributed by atoms with Crippen molar-refractivity contribution < 1.29 is 13.2 Å². The number of amides is 1. The monoisotopic (exact) mass is 467 g/mol. The largest absolute Gasteiger partial charge is 0.361 e. The lowest BCUT2D eigenvalue weighted by Crippen LogP contribution is -2.40. The van der Waals surface area contributed by atoms with E-state index in [2.05, 4.69) is 29.5 Å². The van der Waals surface area contributed by atoms with Gasteiger partial charge in [0.2, 0.25) is 15.9 Å². The molecule has 1 amide bonds. The van der Waals surface area contributed by atoms with Crippen molar-refractivity contribution in [2.45, 2.75) is 62.3 Å². The van der Waals surface area contributed by atoms with E-state index in [0.29, 0.717) is 18.0 Å². The van der Waals surface area contributed by atoms with Crippen molar-refractivity contribution in [3.05, 3.63) is 59.2 Å². The van der Waals surface area contributed by atoms with Gasteiger partial charge in [-0.1, -0.05) is 38.1 Å². The summed E-state index contributed by atoms with van der Waals surface area (Å²) < 4.78 is 29.7. The summed E-state index contributed by atoms with van der Waals surface area (Å²) in [6, 6.07) is 13.3. The van der Waals surface area contributed by atoms with Gasteiger partial charge in [-0.2, -0.15) is 0 Å². The third-order valence-electron chi connectivity index (χ3n) is 7.39. The van der Waals surface area contributed by atoms with Crippen LogP contribution < -0.4 is 9.62 Å². The van der Waals surface area contributed by atoms with E-state index in [0.717, 1.165) is 62.0 Å². The van der Waals surface area contributed by atoms with Crippen molar-refractivity contribution in [1.29, 1.82) is 0 Å². The smallest absolute Gasteiger partial charge is 0.242 e. The van der Waals surface area contributed by atoms with Crippen LogP contribution in [0.2, 0.25) is 0 Å². The number of aryl methyl sites for hydroxylation is 1. The predicted molar refractivity (Wildman–Crippen MR) is 130 cm³/mol. The Bertz CT molecular complexity index is 1170. The topological polar surface area (TPSA) is 69.7 Å². The van der Waals surface area contributed by atoms with Crippen molar-refractivity contribution in [2.75, 3.05) is 31.1 Å². The van der Waals surface area contributed by atoms with Crippen molar-refractivity contribution in [3.8, 4) is 0 Å². The second-order valence-corrected chi connectivity index (χ2v) is 12.0. The van der Waals surface area contributed by atoms with E-state index in [-0.39, 0.29) is 17.4 Å². The molecule has 2 heterocycles. The predicted octanol–water partition coefficient (Wildman–Crippen LogP) is 3.76.